The first-order chi connectivity index (χ1) is 21.1. The lowest BCUT2D eigenvalue weighted by atomic mass is 9.55. The van der Waals surface area contributed by atoms with Crippen LogP contribution in [0.15, 0.2) is 23.3 Å². The van der Waals surface area contributed by atoms with Crippen LogP contribution in [0.5, 0.6) is 0 Å². The van der Waals surface area contributed by atoms with Crippen molar-refractivity contribution < 1.29 is 40.6 Å². The van der Waals surface area contributed by atoms with Crippen LogP contribution in [0, 0.1) is 29.1 Å². The van der Waals surface area contributed by atoms with E-state index < -0.39 is 69.2 Å². The van der Waals surface area contributed by atoms with Crippen LogP contribution in [0.2, 0.25) is 0 Å². The molecule has 4 aliphatic carbocycles. The molecule has 2 saturated carbocycles. The lowest BCUT2D eigenvalue weighted by Gasteiger charge is -2.57. The highest BCUT2D eigenvalue weighted by Gasteiger charge is 2.91. The van der Waals surface area contributed by atoms with Crippen molar-refractivity contribution in [2.75, 3.05) is 6.61 Å². The third-order valence-corrected chi connectivity index (χ3v) is 12.2. The van der Waals surface area contributed by atoms with Crippen LogP contribution in [-0.2, 0) is 23.9 Å². The van der Waals surface area contributed by atoms with Crippen LogP contribution in [0.3, 0.4) is 0 Å². The molecule has 8 nitrogen and oxygen atoms in total. The minimum absolute atomic E-state index is 0. The standard InChI is InChI=1S/C37H58O8.H2/c1-8-9-10-11-12-13-14-15-16-17-18-19-30(40)45-34(7)25(3)36(43)28(31-33(5,6)37(31,34)44-26(4)39)21-27(23-38)22-35(42)29(36)20-24(2)32(35)41;/h20-21,25,28-29,31,38,42-43H,8-19,22-23H2,1-7H3;1H/t25-,28+,29-,31-,34-,35-,36-,37+;/m1./s1. The number of unbranched alkanes of at least 4 members (excludes halogenated alkanes) is 10. The number of Topliss-reactive ketones (excluding diaryl/α,β-unsaturated/α-hetero) is 1. The fourth-order valence-corrected chi connectivity index (χ4v) is 9.77. The summed E-state index contributed by atoms with van der Waals surface area (Å²) in [6, 6.07) is 0. The van der Waals surface area contributed by atoms with Crippen molar-refractivity contribution in [2.24, 2.45) is 29.1 Å². The summed E-state index contributed by atoms with van der Waals surface area (Å²) in [4.78, 5) is 39.6. The molecule has 0 bridgehead atoms. The van der Waals surface area contributed by atoms with Crippen molar-refractivity contribution in [3.8, 4) is 0 Å². The van der Waals surface area contributed by atoms with Crippen molar-refractivity contribution in [1.29, 1.82) is 0 Å². The molecule has 0 radical (unpaired) electrons. The van der Waals surface area contributed by atoms with Crippen molar-refractivity contribution in [3.63, 3.8) is 0 Å². The van der Waals surface area contributed by atoms with E-state index >= 15 is 0 Å². The Bertz CT molecular complexity index is 1210. The summed E-state index contributed by atoms with van der Waals surface area (Å²) < 4.78 is 12.6. The van der Waals surface area contributed by atoms with Crippen LogP contribution >= 0.6 is 0 Å². The van der Waals surface area contributed by atoms with Gasteiger partial charge in [0.15, 0.2) is 17.0 Å². The molecular weight excluding hydrogens is 572 g/mol. The van der Waals surface area contributed by atoms with E-state index in [-0.39, 0.29) is 20.9 Å². The van der Waals surface area contributed by atoms with Gasteiger partial charge in [0.05, 0.1) is 12.2 Å². The van der Waals surface area contributed by atoms with Crippen LogP contribution in [0.25, 0.3) is 0 Å². The van der Waals surface area contributed by atoms with E-state index in [1.807, 2.05) is 13.8 Å². The largest absolute Gasteiger partial charge is 0.455 e. The first-order valence-corrected chi connectivity index (χ1v) is 17.5. The number of carbonyl (C=O) groups is 3. The van der Waals surface area contributed by atoms with Crippen LogP contribution in [0.4, 0.5) is 0 Å². The number of hydrogen-bond donors (Lipinski definition) is 3. The lowest BCUT2D eigenvalue weighted by Crippen LogP contribution is -2.71. The van der Waals surface area contributed by atoms with Gasteiger partial charge >= 0.3 is 11.9 Å². The molecule has 0 aromatic rings. The Morgan fingerprint density at radius 2 is 1.49 bits per heavy atom. The highest BCUT2D eigenvalue weighted by Crippen LogP contribution is 2.80. The second-order valence-electron chi connectivity index (χ2n) is 15.3. The summed E-state index contributed by atoms with van der Waals surface area (Å²) in [6.45, 7) is 12.2. The minimum atomic E-state index is -1.95. The van der Waals surface area contributed by atoms with E-state index in [0.717, 1.165) is 19.3 Å². The molecule has 8 atom stereocenters. The fourth-order valence-electron chi connectivity index (χ4n) is 9.77. The first kappa shape index (κ1) is 35.8. The van der Waals surface area contributed by atoms with Crippen molar-refractivity contribution in [1.82, 2.24) is 0 Å². The Balaban J connectivity index is 0.00000576. The van der Waals surface area contributed by atoms with E-state index in [1.54, 1.807) is 32.9 Å². The number of hydrogen-bond acceptors (Lipinski definition) is 8. The SMILES string of the molecule is CCCCCCCCCCCCCC(=O)O[C@]1(C)[C@@H](C)[C@@]2(O)[C@@H](C=C(CO)C[C@]3(O)C(=O)C(C)=C[C@@H]23)[C@@H]2C(C)(C)[C@@]21OC(C)=O.[HH]. The zero-order valence-corrected chi connectivity index (χ0v) is 28.7. The zero-order chi connectivity index (χ0) is 33.4. The highest BCUT2D eigenvalue weighted by molar-refractivity contribution is 6.04. The van der Waals surface area contributed by atoms with Gasteiger partial charge in [0.25, 0.3) is 0 Å². The number of aliphatic hydroxyl groups is 3. The second-order valence-corrected chi connectivity index (χ2v) is 15.3. The normalized spacial score (nSPS) is 37.9. The van der Waals surface area contributed by atoms with Gasteiger partial charge in [-0.05, 0) is 31.4 Å². The minimum Gasteiger partial charge on any atom is -0.455 e. The van der Waals surface area contributed by atoms with Crippen molar-refractivity contribution in [2.45, 2.75) is 154 Å². The number of aliphatic hydroxyl groups excluding tert-OH is 1. The average molecular weight is 633 g/mol. The van der Waals surface area contributed by atoms with E-state index in [0.29, 0.717) is 17.6 Å². The molecule has 45 heavy (non-hydrogen) atoms. The maximum Gasteiger partial charge on any atom is 0.306 e. The fraction of sp³-hybridized carbons (Fsp3) is 0.811. The lowest BCUT2D eigenvalue weighted by molar-refractivity contribution is -0.261. The number of ketones is 1. The van der Waals surface area contributed by atoms with Crippen LogP contribution < -0.4 is 0 Å². The smallest absolute Gasteiger partial charge is 0.306 e. The topological polar surface area (TPSA) is 130 Å². The van der Waals surface area contributed by atoms with Gasteiger partial charge in [-0.2, -0.15) is 0 Å². The summed E-state index contributed by atoms with van der Waals surface area (Å²) in [5.41, 5.74) is -6.33. The Kier molecular flexibility index (Phi) is 10.5. The van der Waals surface area contributed by atoms with Gasteiger partial charge in [0.1, 0.15) is 5.60 Å². The van der Waals surface area contributed by atoms with E-state index in [4.69, 9.17) is 9.47 Å². The van der Waals surface area contributed by atoms with E-state index in [2.05, 4.69) is 6.92 Å². The molecule has 0 unspecified atom stereocenters. The summed E-state index contributed by atoms with van der Waals surface area (Å²) in [5, 5.41) is 35.1. The van der Waals surface area contributed by atoms with Crippen molar-refractivity contribution >= 4 is 17.7 Å². The molecule has 0 aliphatic heterocycles. The molecule has 4 rings (SSSR count). The van der Waals surface area contributed by atoms with Crippen molar-refractivity contribution in [3.05, 3.63) is 23.3 Å². The Hall–Kier alpha value is -2.03. The number of ether oxygens (including phenoxy) is 2. The Morgan fingerprint density at radius 1 is 0.933 bits per heavy atom. The highest BCUT2D eigenvalue weighted by atomic mass is 16.6. The van der Waals surface area contributed by atoms with Crippen LogP contribution in [-0.4, -0.2) is 62.1 Å². The summed E-state index contributed by atoms with van der Waals surface area (Å²) in [6.07, 6.45) is 16.3. The quantitative estimate of drug-likeness (QED) is 0.108. The second kappa shape index (κ2) is 13.2. The van der Waals surface area contributed by atoms with Gasteiger partial charge in [-0.3, -0.25) is 14.4 Å². The van der Waals surface area contributed by atoms with Gasteiger partial charge in [-0.15, -0.1) is 0 Å². The third-order valence-electron chi connectivity index (χ3n) is 12.2. The van der Waals surface area contributed by atoms with Gasteiger partial charge in [-0.25, -0.2) is 0 Å². The number of rotatable bonds is 15. The zero-order valence-electron chi connectivity index (χ0n) is 28.7. The molecule has 0 heterocycles. The number of carbonyl (C=O) groups excluding carboxylic acids is 3. The first-order valence-electron chi connectivity index (χ1n) is 17.5. The van der Waals surface area contributed by atoms with Gasteiger partial charge in [0, 0.05) is 50.3 Å². The van der Waals surface area contributed by atoms with Gasteiger partial charge in [0.2, 0.25) is 0 Å². The van der Waals surface area contributed by atoms with Gasteiger partial charge < -0.3 is 24.8 Å². The maximum atomic E-state index is 13.5. The molecular formula is C37H60O8. The molecule has 4 aliphatic rings. The predicted octanol–water partition coefficient (Wildman–Crippen LogP) is 6.39. The Labute approximate surface area is 271 Å². The Morgan fingerprint density at radius 3 is 2.02 bits per heavy atom. The number of fused-ring (bicyclic) bond motifs is 5. The third kappa shape index (κ3) is 5.75. The average Bonchev–Trinajstić information content (AvgIpc) is 3.41. The monoisotopic (exact) mass is 632 g/mol. The molecule has 0 spiro atoms. The predicted molar refractivity (Wildman–Crippen MR) is 174 cm³/mol. The van der Waals surface area contributed by atoms with Gasteiger partial charge in [-0.1, -0.05) is 104 Å². The molecule has 3 N–H and O–H groups in total. The molecule has 0 saturated heterocycles. The molecule has 2 fully saturated rings. The molecule has 256 valence electrons. The summed E-state index contributed by atoms with van der Waals surface area (Å²) in [5.74, 6) is -4.45. The molecule has 8 heteroatoms. The number of esters is 2. The van der Waals surface area contributed by atoms with E-state index in [9.17, 15) is 29.7 Å². The van der Waals surface area contributed by atoms with Crippen LogP contribution in [0.1, 0.15) is 133 Å². The van der Waals surface area contributed by atoms with E-state index in [1.165, 1.54) is 51.9 Å². The maximum absolute atomic E-state index is 13.5. The molecule has 0 aromatic heterocycles. The molecule has 0 amide bonds. The molecule has 0 aromatic carbocycles. The summed E-state index contributed by atoms with van der Waals surface area (Å²) in [7, 11) is 0. The summed E-state index contributed by atoms with van der Waals surface area (Å²) >= 11 is 0.